The van der Waals surface area contributed by atoms with E-state index in [0.29, 0.717) is 43.8 Å². The Labute approximate surface area is 169 Å². The van der Waals surface area contributed by atoms with E-state index in [2.05, 4.69) is 28.5 Å². The van der Waals surface area contributed by atoms with Crippen molar-refractivity contribution < 1.29 is 19.6 Å². The number of carbonyl (C=O) groups excluding carboxylic acids is 1. The highest BCUT2D eigenvalue weighted by molar-refractivity contribution is 6.37. The first-order chi connectivity index (χ1) is 14.1. The van der Waals surface area contributed by atoms with Crippen molar-refractivity contribution >= 4 is 17.3 Å². The summed E-state index contributed by atoms with van der Waals surface area (Å²) in [6.07, 6.45) is 9.85. The van der Waals surface area contributed by atoms with Gasteiger partial charge in [-0.1, -0.05) is 30.4 Å². The largest absolute Gasteiger partial charge is 0.394 e. The number of fused-ring (bicyclic) bond motifs is 1. The van der Waals surface area contributed by atoms with Crippen molar-refractivity contribution in [3.05, 3.63) is 65.3 Å². The monoisotopic (exact) mass is 390 g/mol. The first kappa shape index (κ1) is 19.3. The molecule has 0 radical (unpaired) electrons. The number of nitrogens with one attached hydrogen (secondary N) is 2. The number of nitriles is 1. The fourth-order valence-corrected chi connectivity index (χ4v) is 4.06. The zero-order valence-corrected chi connectivity index (χ0v) is 16.1. The summed E-state index contributed by atoms with van der Waals surface area (Å²) in [5.74, 6) is -0.112. The van der Waals surface area contributed by atoms with Gasteiger partial charge in [0.25, 0.3) is 0 Å². The molecule has 1 aliphatic carbocycles. The number of carbonyl (C=O) groups is 1. The summed E-state index contributed by atoms with van der Waals surface area (Å²) in [7, 11) is 0. The highest BCUT2D eigenvalue weighted by Gasteiger charge is 2.38. The Morgan fingerprint density at radius 2 is 2.17 bits per heavy atom. The molecule has 3 aliphatic rings. The van der Waals surface area contributed by atoms with Crippen molar-refractivity contribution in [2.75, 3.05) is 19.8 Å². The van der Waals surface area contributed by atoms with Gasteiger partial charge in [0.05, 0.1) is 23.8 Å². The predicted octanol–water partition coefficient (Wildman–Crippen LogP) is 0.595. The highest BCUT2D eigenvalue weighted by Crippen LogP contribution is 2.29. The van der Waals surface area contributed by atoms with Gasteiger partial charge in [0.15, 0.2) is 0 Å². The van der Waals surface area contributed by atoms with E-state index in [0.717, 1.165) is 16.8 Å². The first-order valence-corrected chi connectivity index (χ1v) is 9.88. The van der Waals surface area contributed by atoms with Crippen LogP contribution in [0.25, 0.3) is 5.70 Å². The molecule has 1 aromatic rings. The van der Waals surface area contributed by atoms with Gasteiger partial charge in [-0.2, -0.15) is 5.26 Å². The summed E-state index contributed by atoms with van der Waals surface area (Å²) in [5, 5.41) is 22.2. The van der Waals surface area contributed by atoms with Crippen molar-refractivity contribution in [1.82, 2.24) is 5.32 Å². The molecule has 0 spiro atoms. The van der Waals surface area contributed by atoms with Crippen molar-refractivity contribution in [1.29, 1.82) is 5.26 Å². The van der Waals surface area contributed by atoms with Crippen LogP contribution in [0.4, 0.5) is 0 Å². The summed E-state index contributed by atoms with van der Waals surface area (Å²) >= 11 is 0. The third kappa shape index (κ3) is 3.93. The van der Waals surface area contributed by atoms with Gasteiger partial charge in [-0.15, -0.1) is 0 Å². The molecule has 1 unspecified atom stereocenters. The van der Waals surface area contributed by atoms with Crippen LogP contribution in [0.3, 0.4) is 0 Å². The number of hydrogen-bond acceptors (Lipinski definition) is 4. The summed E-state index contributed by atoms with van der Waals surface area (Å²) in [6.45, 7) is 0.936. The quantitative estimate of drug-likeness (QED) is 0.701. The molecule has 1 saturated heterocycles. The molecule has 4 rings (SSSR count). The van der Waals surface area contributed by atoms with E-state index in [1.807, 2.05) is 30.4 Å². The Morgan fingerprint density at radius 1 is 1.34 bits per heavy atom. The van der Waals surface area contributed by atoms with Crippen LogP contribution in [0, 0.1) is 17.2 Å². The molecule has 0 bridgehead atoms. The zero-order chi connectivity index (χ0) is 20.3. The molecule has 1 atom stereocenters. The lowest BCUT2D eigenvalue weighted by atomic mass is 9.83. The van der Waals surface area contributed by atoms with Crippen LogP contribution in [-0.2, 0) is 9.53 Å². The average molecular weight is 390 g/mol. The maximum absolute atomic E-state index is 13.1. The maximum Gasteiger partial charge on any atom is 0.311 e. The van der Waals surface area contributed by atoms with E-state index in [4.69, 9.17) is 4.74 Å². The van der Waals surface area contributed by atoms with Crippen molar-refractivity contribution in [2.24, 2.45) is 5.92 Å². The molecular formula is C23H24N3O3+. The predicted molar refractivity (Wildman–Crippen MR) is 108 cm³/mol. The fourth-order valence-electron chi connectivity index (χ4n) is 4.06. The molecule has 1 aromatic carbocycles. The number of allylic oxidation sites excluding steroid dienone is 5. The van der Waals surface area contributed by atoms with Gasteiger partial charge in [0.1, 0.15) is 0 Å². The minimum atomic E-state index is -0.642. The second kappa shape index (κ2) is 8.16. The van der Waals surface area contributed by atoms with Gasteiger partial charge in [0, 0.05) is 36.7 Å². The molecule has 3 N–H and O–H groups in total. The number of aliphatic hydroxyl groups is 1. The normalized spacial score (nSPS) is 22.5. The number of benzene rings is 1. The Balaban J connectivity index is 1.69. The molecule has 1 amide bonds. The van der Waals surface area contributed by atoms with Crippen LogP contribution in [0.1, 0.15) is 30.4 Å². The molecule has 0 saturated carbocycles. The maximum atomic E-state index is 13.1. The van der Waals surface area contributed by atoms with Gasteiger partial charge in [0.2, 0.25) is 11.4 Å². The topological polar surface area (TPSA) is 96.3 Å². The van der Waals surface area contributed by atoms with Crippen molar-refractivity contribution in [2.45, 2.75) is 24.8 Å². The summed E-state index contributed by atoms with van der Waals surface area (Å²) in [4.78, 5) is 16.5. The smallest absolute Gasteiger partial charge is 0.311 e. The number of aliphatic hydroxyl groups excluding tert-OH is 1. The third-order valence-corrected chi connectivity index (χ3v) is 5.80. The van der Waals surface area contributed by atoms with Gasteiger partial charge >= 0.3 is 5.91 Å². The number of rotatable bonds is 4. The second-order valence-electron chi connectivity index (χ2n) is 7.69. The van der Waals surface area contributed by atoms with Gasteiger partial charge < -0.3 is 15.2 Å². The van der Waals surface area contributed by atoms with E-state index < -0.39 is 5.54 Å². The number of nitrogens with zero attached hydrogens (tertiary/aromatic N) is 1. The van der Waals surface area contributed by atoms with Crippen molar-refractivity contribution in [3.8, 4) is 6.07 Å². The summed E-state index contributed by atoms with van der Waals surface area (Å²) in [6, 6.07) is 9.54. The van der Waals surface area contributed by atoms with Crippen LogP contribution >= 0.6 is 0 Å². The van der Waals surface area contributed by atoms with E-state index in [1.165, 1.54) is 0 Å². The second-order valence-corrected chi connectivity index (χ2v) is 7.69. The van der Waals surface area contributed by atoms with Crippen LogP contribution in [0.15, 0.2) is 54.1 Å². The minimum absolute atomic E-state index is 0.0857. The third-order valence-electron chi connectivity index (χ3n) is 5.80. The number of ether oxygens (including phenoxy) is 1. The SMILES string of the molecule is N#Cc1cccc(C2=C3C=CC=CC3CC(C(=O)NC3(CO)CCOCC3)=[NH+]2)c1. The summed E-state index contributed by atoms with van der Waals surface area (Å²) in [5.41, 5.74) is 3.31. The zero-order valence-electron chi connectivity index (χ0n) is 16.1. The lowest BCUT2D eigenvalue weighted by Gasteiger charge is -2.36. The number of hydrogen-bond donors (Lipinski definition) is 3. The highest BCUT2D eigenvalue weighted by atomic mass is 16.5. The Hall–Kier alpha value is -3.01. The van der Waals surface area contributed by atoms with E-state index >= 15 is 0 Å². The molecule has 2 heterocycles. The molecule has 6 nitrogen and oxygen atoms in total. The average Bonchev–Trinajstić information content (AvgIpc) is 2.79. The van der Waals surface area contributed by atoms with Gasteiger partial charge in [-0.05, 0) is 31.0 Å². The minimum Gasteiger partial charge on any atom is -0.394 e. The van der Waals surface area contributed by atoms with E-state index in [-0.39, 0.29) is 18.4 Å². The lowest BCUT2D eigenvalue weighted by Crippen LogP contribution is -2.76. The molecule has 2 aliphatic heterocycles. The first-order valence-electron chi connectivity index (χ1n) is 9.88. The molecule has 6 heteroatoms. The Bertz CT molecular complexity index is 975. The number of amides is 1. The molecular weight excluding hydrogens is 366 g/mol. The Kier molecular flexibility index (Phi) is 5.43. The molecule has 148 valence electrons. The molecule has 0 aromatic heterocycles. The lowest BCUT2D eigenvalue weighted by molar-refractivity contribution is -0.348. The van der Waals surface area contributed by atoms with Crippen molar-refractivity contribution in [3.63, 3.8) is 0 Å². The van der Waals surface area contributed by atoms with E-state index in [9.17, 15) is 15.2 Å². The molecule has 1 fully saturated rings. The van der Waals surface area contributed by atoms with Gasteiger partial charge in [-0.25, -0.2) is 4.99 Å². The Morgan fingerprint density at radius 3 is 2.93 bits per heavy atom. The molecule has 29 heavy (non-hydrogen) atoms. The van der Waals surface area contributed by atoms with Gasteiger partial charge in [-0.3, -0.25) is 4.79 Å². The van der Waals surface area contributed by atoms with Crippen LogP contribution in [0.5, 0.6) is 0 Å². The summed E-state index contributed by atoms with van der Waals surface area (Å²) < 4.78 is 5.39. The van der Waals surface area contributed by atoms with E-state index in [1.54, 1.807) is 6.07 Å². The van der Waals surface area contributed by atoms with Crippen LogP contribution in [-0.4, -0.2) is 42.1 Å². The van der Waals surface area contributed by atoms with Crippen LogP contribution in [0.2, 0.25) is 0 Å². The fraction of sp³-hybridized carbons (Fsp3) is 0.348. The standard InChI is InChI=1S/C23H23N3O3/c24-14-16-4-3-6-18(12-16)21-19-7-2-1-5-17(19)13-20(25-21)22(28)26-23(15-27)8-10-29-11-9-23/h1-7,12,17,27H,8-11,13,15H2,(H,26,28)/p+1. The van der Waals surface area contributed by atoms with Crippen LogP contribution < -0.4 is 10.3 Å².